The third-order valence-corrected chi connectivity index (χ3v) is 3.36. The fourth-order valence-electron chi connectivity index (χ4n) is 2.19. The summed E-state index contributed by atoms with van der Waals surface area (Å²) in [6.45, 7) is 1.19. The lowest BCUT2D eigenvalue weighted by molar-refractivity contribution is 0.170. The minimum atomic E-state index is -0.639. The molecule has 110 valence electrons. The number of nitrogens with one attached hydrogen (secondary N) is 1. The van der Waals surface area contributed by atoms with Crippen molar-refractivity contribution in [3.8, 4) is 11.5 Å². The van der Waals surface area contributed by atoms with Gasteiger partial charge >= 0.3 is 0 Å². The van der Waals surface area contributed by atoms with E-state index in [2.05, 4.69) is 5.32 Å². The van der Waals surface area contributed by atoms with Crippen LogP contribution >= 0.6 is 0 Å². The van der Waals surface area contributed by atoms with E-state index >= 15 is 0 Å². The van der Waals surface area contributed by atoms with Crippen molar-refractivity contribution in [3.63, 3.8) is 0 Å². The van der Waals surface area contributed by atoms with E-state index in [0.717, 1.165) is 11.1 Å². The molecule has 0 amide bonds. The summed E-state index contributed by atoms with van der Waals surface area (Å²) in [5.74, 6) is 1.11. The molecule has 5 heteroatoms. The van der Waals surface area contributed by atoms with E-state index in [-0.39, 0.29) is 12.6 Å². The van der Waals surface area contributed by atoms with Crippen LogP contribution in [-0.4, -0.2) is 18.4 Å². The van der Waals surface area contributed by atoms with Crippen molar-refractivity contribution < 1.29 is 19.0 Å². The molecule has 2 aromatic carbocycles. The Morgan fingerprint density at radius 2 is 1.86 bits per heavy atom. The van der Waals surface area contributed by atoms with Gasteiger partial charge in [-0.25, -0.2) is 4.39 Å². The van der Waals surface area contributed by atoms with Crippen LogP contribution in [-0.2, 0) is 6.54 Å². The summed E-state index contributed by atoms with van der Waals surface area (Å²) in [6, 6.07) is 11.7. The summed E-state index contributed by atoms with van der Waals surface area (Å²) in [7, 11) is 0. The predicted octanol–water partition coefficient (Wildman–Crippen LogP) is 2.38. The van der Waals surface area contributed by atoms with Crippen LogP contribution in [0.4, 0.5) is 4.39 Å². The largest absolute Gasteiger partial charge is 0.454 e. The first-order valence-electron chi connectivity index (χ1n) is 6.75. The zero-order valence-electron chi connectivity index (χ0n) is 11.4. The third kappa shape index (κ3) is 3.32. The Balaban J connectivity index is 1.54. The maximum Gasteiger partial charge on any atom is 0.231 e. The molecule has 1 unspecified atom stereocenters. The van der Waals surface area contributed by atoms with Gasteiger partial charge in [0.2, 0.25) is 6.79 Å². The molecule has 0 saturated carbocycles. The van der Waals surface area contributed by atoms with Gasteiger partial charge in [0.05, 0.1) is 6.10 Å². The molecular weight excluding hydrogens is 273 g/mol. The van der Waals surface area contributed by atoms with E-state index in [1.54, 1.807) is 24.3 Å². The van der Waals surface area contributed by atoms with Gasteiger partial charge in [-0.1, -0.05) is 18.2 Å². The normalized spacial score (nSPS) is 14.2. The third-order valence-electron chi connectivity index (χ3n) is 3.36. The molecule has 0 spiro atoms. The molecule has 2 N–H and O–H groups in total. The predicted molar refractivity (Wildman–Crippen MR) is 75.6 cm³/mol. The van der Waals surface area contributed by atoms with Gasteiger partial charge in [-0.15, -0.1) is 0 Å². The van der Waals surface area contributed by atoms with Crippen molar-refractivity contribution in [3.05, 3.63) is 59.4 Å². The number of halogens is 1. The van der Waals surface area contributed by atoms with Gasteiger partial charge in [-0.2, -0.15) is 0 Å². The Labute approximate surface area is 122 Å². The van der Waals surface area contributed by atoms with Gasteiger partial charge in [-0.3, -0.25) is 0 Å². The number of fused-ring (bicyclic) bond motifs is 1. The molecule has 1 aliphatic rings. The molecule has 0 saturated heterocycles. The number of ether oxygens (including phenoxy) is 2. The molecule has 0 radical (unpaired) electrons. The van der Waals surface area contributed by atoms with Gasteiger partial charge in [0.15, 0.2) is 11.5 Å². The van der Waals surface area contributed by atoms with Crippen LogP contribution in [0, 0.1) is 5.82 Å². The van der Waals surface area contributed by atoms with Gasteiger partial charge in [0, 0.05) is 13.1 Å². The molecule has 2 aromatic rings. The zero-order valence-corrected chi connectivity index (χ0v) is 11.4. The fourth-order valence-corrected chi connectivity index (χ4v) is 2.19. The van der Waals surface area contributed by atoms with Crippen molar-refractivity contribution in [2.75, 3.05) is 13.3 Å². The molecule has 0 aromatic heterocycles. The highest BCUT2D eigenvalue weighted by molar-refractivity contribution is 5.45. The molecule has 0 bridgehead atoms. The highest BCUT2D eigenvalue weighted by atomic mass is 19.1. The summed E-state index contributed by atoms with van der Waals surface area (Å²) in [5, 5.41) is 13.3. The minimum Gasteiger partial charge on any atom is -0.454 e. The monoisotopic (exact) mass is 289 g/mol. The van der Waals surface area contributed by atoms with Gasteiger partial charge in [0.25, 0.3) is 0 Å². The Bertz CT molecular complexity index is 615. The lowest BCUT2D eigenvalue weighted by Gasteiger charge is -2.13. The Kier molecular flexibility index (Phi) is 4.03. The number of benzene rings is 2. The van der Waals surface area contributed by atoms with E-state index in [9.17, 15) is 9.50 Å². The molecule has 0 fully saturated rings. The minimum absolute atomic E-state index is 0.220. The van der Waals surface area contributed by atoms with Crippen molar-refractivity contribution in [1.29, 1.82) is 0 Å². The maximum absolute atomic E-state index is 12.8. The lowest BCUT2D eigenvalue weighted by Crippen LogP contribution is -2.21. The SMILES string of the molecule is OC(CNCc1ccc(F)cc1)c1ccc2c(c1)OCO2. The highest BCUT2D eigenvalue weighted by Crippen LogP contribution is 2.34. The van der Waals surface area contributed by atoms with Crippen molar-refractivity contribution in [2.45, 2.75) is 12.6 Å². The Morgan fingerprint density at radius 3 is 2.67 bits per heavy atom. The molecule has 0 aliphatic carbocycles. The van der Waals surface area contributed by atoms with Gasteiger partial charge in [0.1, 0.15) is 5.82 Å². The first-order chi connectivity index (χ1) is 10.2. The fraction of sp³-hybridized carbons (Fsp3) is 0.250. The standard InChI is InChI=1S/C16H16FNO3/c17-13-4-1-11(2-5-13)8-18-9-14(19)12-3-6-15-16(7-12)21-10-20-15/h1-7,14,18-19H,8-10H2. The Hall–Kier alpha value is -2.11. The van der Waals surface area contributed by atoms with E-state index < -0.39 is 6.10 Å². The highest BCUT2D eigenvalue weighted by Gasteiger charge is 2.16. The average molecular weight is 289 g/mol. The Morgan fingerprint density at radius 1 is 1.10 bits per heavy atom. The molecule has 4 nitrogen and oxygen atoms in total. The van der Waals surface area contributed by atoms with Gasteiger partial charge in [-0.05, 0) is 35.4 Å². The number of rotatable bonds is 5. The molecular formula is C16H16FNO3. The molecule has 3 rings (SSSR count). The molecule has 21 heavy (non-hydrogen) atoms. The van der Waals surface area contributed by atoms with E-state index in [0.29, 0.717) is 24.6 Å². The number of aliphatic hydroxyl groups excluding tert-OH is 1. The van der Waals surface area contributed by atoms with Crippen LogP contribution in [0.15, 0.2) is 42.5 Å². The average Bonchev–Trinajstić information content (AvgIpc) is 2.96. The first kappa shape index (κ1) is 13.9. The van der Waals surface area contributed by atoms with E-state index in [1.807, 2.05) is 6.07 Å². The molecule has 1 heterocycles. The first-order valence-corrected chi connectivity index (χ1v) is 6.75. The van der Waals surface area contributed by atoms with Crippen LogP contribution in [0.5, 0.6) is 11.5 Å². The van der Waals surface area contributed by atoms with Crippen molar-refractivity contribution in [1.82, 2.24) is 5.32 Å². The van der Waals surface area contributed by atoms with E-state index in [4.69, 9.17) is 9.47 Å². The zero-order chi connectivity index (χ0) is 14.7. The van der Waals surface area contributed by atoms with Crippen molar-refractivity contribution in [2.24, 2.45) is 0 Å². The van der Waals surface area contributed by atoms with Crippen LogP contribution in [0.25, 0.3) is 0 Å². The smallest absolute Gasteiger partial charge is 0.231 e. The summed E-state index contributed by atoms with van der Waals surface area (Å²) >= 11 is 0. The number of aliphatic hydroxyl groups is 1. The van der Waals surface area contributed by atoms with Crippen molar-refractivity contribution >= 4 is 0 Å². The quantitative estimate of drug-likeness (QED) is 0.887. The topological polar surface area (TPSA) is 50.7 Å². The summed E-state index contributed by atoms with van der Waals surface area (Å²) in [6.07, 6.45) is -0.639. The summed E-state index contributed by atoms with van der Waals surface area (Å²) < 4.78 is 23.3. The summed E-state index contributed by atoms with van der Waals surface area (Å²) in [5.41, 5.74) is 1.74. The van der Waals surface area contributed by atoms with Crippen LogP contribution in [0.3, 0.4) is 0 Å². The lowest BCUT2D eigenvalue weighted by atomic mass is 10.1. The second kappa shape index (κ2) is 6.11. The number of hydrogen-bond donors (Lipinski definition) is 2. The second-order valence-corrected chi connectivity index (χ2v) is 4.89. The van der Waals surface area contributed by atoms with Gasteiger partial charge < -0.3 is 19.9 Å². The van der Waals surface area contributed by atoms with E-state index in [1.165, 1.54) is 12.1 Å². The molecule has 1 aliphatic heterocycles. The maximum atomic E-state index is 12.8. The van der Waals surface area contributed by atoms with Crippen LogP contribution in [0.1, 0.15) is 17.2 Å². The summed E-state index contributed by atoms with van der Waals surface area (Å²) in [4.78, 5) is 0. The van der Waals surface area contributed by atoms with Crippen LogP contribution < -0.4 is 14.8 Å². The molecule has 1 atom stereocenters. The second-order valence-electron chi connectivity index (χ2n) is 4.89. The number of hydrogen-bond acceptors (Lipinski definition) is 4. The van der Waals surface area contributed by atoms with Crippen LogP contribution in [0.2, 0.25) is 0 Å².